The molecule has 0 bridgehead atoms. The molecule has 4 rings (SSSR count). The minimum Gasteiger partial charge on any atom is -0.493 e. The van der Waals surface area contributed by atoms with Crippen LogP contribution < -0.4 is 9.47 Å². The molecule has 170 valence electrons. The third-order valence-corrected chi connectivity index (χ3v) is 6.30. The first kappa shape index (κ1) is 23.4. The van der Waals surface area contributed by atoms with E-state index >= 15 is 0 Å². The van der Waals surface area contributed by atoms with Crippen LogP contribution in [-0.4, -0.2) is 23.2 Å². The summed E-state index contributed by atoms with van der Waals surface area (Å²) in [6, 6.07) is 22.0. The van der Waals surface area contributed by atoms with Crippen LogP contribution in [0.2, 0.25) is 5.02 Å². The number of amides is 2. The zero-order valence-electron chi connectivity index (χ0n) is 18.2. The lowest BCUT2D eigenvalue weighted by atomic mass is 10.1. The highest BCUT2D eigenvalue weighted by Gasteiger charge is 2.35. The number of rotatable bonds is 7. The molecule has 0 aliphatic carbocycles. The number of nitriles is 1. The Kier molecular flexibility index (Phi) is 7.21. The summed E-state index contributed by atoms with van der Waals surface area (Å²) in [6.45, 7) is 0.349. The van der Waals surface area contributed by atoms with Gasteiger partial charge in [0.2, 0.25) is 0 Å². The molecule has 8 heteroatoms. The van der Waals surface area contributed by atoms with Crippen LogP contribution in [0.1, 0.15) is 22.3 Å². The van der Waals surface area contributed by atoms with Crippen molar-refractivity contribution in [1.29, 1.82) is 5.26 Å². The molecule has 1 saturated heterocycles. The van der Waals surface area contributed by atoms with Gasteiger partial charge in [0, 0.05) is 0 Å². The maximum absolute atomic E-state index is 12.9. The van der Waals surface area contributed by atoms with Gasteiger partial charge in [-0.25, -0.2) is 0 Å². The lowest BCUT2D eigenvalue weighted by Crippen LogP contribution is -2.27. The van der Waals surface area contributed by atoms with Crippen LogP contribution in [0.5, 0.6) is 11.5 Å². The second-order valence-corrected chi connectivity index (χ2v) is 8.75. The normalized spacial score (nSPS) is 14.4. The number of carbonyl (C=O) groups is 2. The summed E-state index contributed by atoms with van der Waals surface area (Å²) >= 11 is 7.31. The molecule has 1 aliphatic heterocycles. The summed E-state index contributed by atoms with van der Waals surface area (Å²) in [5, 5.41) is 9.21. The van der Waals surface area contributed by atoms with Crippen LogP contribution in [0.25, 0.3) is 6.08 Å². The highest BCUT2D eigenvalue weighted by Crippen LogP contribution is 2.39. The molecule has 0 saturated carbocycles. The average molecular weight is 491 g/mol. The molecule has 3 aromatic carbocycles. The van der Waals surface area contributed by atoms with Gasteiger partial charge in [-0.1, -0.05) is 60.1 Å². The predicted octanol–water partition coefficient (Wildman–Crippen LogP) is 6.04. The van der Waals surface area contributed by atoms with E-state index in [9.17, 15) is 14.9 Å². The molecular weight excluding hydrogens is 472 g/mol. The van der Waals surface area contributed by atoms with Crippen LogP contribution in [0.3, 0.4) is 0 Å². The van der Waals surface area contributed by atoms with Crippen molar-refractivity contribution in [2.24, 2.45) is 0 Å². The smallest absolute Gasteiger partial charge is 0.293 e. The van der Waals surface area contributed by atoms with Crippen molar-refractivity contribution >= 4 is 40.6 Å². The summed E-state index contributed by atoms with van der Waals surface area (Å²) in [6.07, 6.45) is 1.59. The van der Waals surface area contributed by atoms with Gasteiger partial charge in [0.15, 0.2) is 11.5 Å². The van der Waals surface area contributed by atoms with E-state index in [1.165, 1.54) is 7.11 Å². The van der Waals surface area contributed by atoms with Crippen molar-refractivity contribution in [3.63, 3.8) is 0 Å². The fraction of sp³-hybridized carbons (Fsp3) is 0.115. The number of hydrogen-bond donors (Lipinski definition) is 0. The Morgan fingerprint density at radius 3 is 2.56 bits per heavy atom. The Bertz CT molecular complexity index is 1320. The molecule has 1 fully saturated rings. The number of benzene rings is 3. The van der Waals surface area contributed by atoms with E-state index in [0.717, 1.165) is 22.2 Å². The predicted molar refractivity (Wildman–Crippen MR) is 131 cm³/mol. The second-order valence-electron chi connectivity index (χ2n) is 7.35. The number of carbonyl (C=O) groups excluding carboxylic acids is 2. The first-order chi connectivity index (χ1) is 16.5. The summed E-state index contributed by atoms with van der Waals surface area (Å²) in [5.41, 5.74) is 2.61. The van der Waals surface area contributed by atoms with Crippen LogP contribution in [0.4, 0.5) is 4.79 Å². The number of thioether (sulfide) groups is 1. The van der Waals surface area contributed by atoms with E-state index in [4.69, 9.17) is 21.1 Å². The molecule has 3 aromatic rings. The molecule has 0 N–H and O–H groups in total. The van der Waals surface area contributed by atoms with E-state index in [2.05, 4.69) is 6.07 Å². The first-order valence-electron chi connectivity index (χ1n) is 10.3. The van der Waals surface area contributed by atoms with E-state index in [1.54, 1.807) is 42.5 Å². The third-order valence-electron chi connectivity index (χ3n) is 5.12. The highest BCUT2D eigenvalue weighted by molar-refractivity contribution is 8.18. The Morgan fingerprint density at radius 2 is 1.82 bits per heavy atom. The fourth-order valence-electron chi connectivity index (χ4n) is 3.42. The van der Waals surface area contributed by atoms with Gasteiger partial charge in [0.25, 0.3) is 11.1 Å². The molecular formula is C26H19ClN2O4S. The van der Waals surface area contributed by atoms with Crippen molar-refractivity contribution in [2.45, 2.75) is 13.2 Å². The Hall–Kier alpha value is -3.73. The number of halogens is 1. The molecule has 1 heterocycles. The fourth-order valence-corrected chi connectivity index (χ4v) is 4.53. The van der Waals surface area contributed by atoms with Crippen molar-refractivity contribution < 1.29 is 19.1 Å². The lowest BCUT2D eigenvalue weighted by Gasteiger charge is -2.14. The maximum atomic E-state index is 12.9. The van der Waals surface area contributed by atoms with Gasteiger partial charge < -0.3 is 9.47 Å². The van der Waals surface area contributed by atoms with Crippen molar-refractivity contribution in [2.75, 3.05) is 7.11 Å². The largest absolute Gasteiger partial charge is 0.493 e. The summed E-state index contributed by atoms with van der Waals surface area (Å²) < 4.78 is 11.3. The van der Waals surface area contributed by atoms with Gasteiger partial charge in [-0.15, -0.1) is 0 Å². The SMILES string of the molecule is COc1cc(/C=C2\SC(=O)N(Cc3ccccc3C#N)C2=O)cc(Cl)c1OCc1ccccc1. The molecule has 2 amide bonds. The monoisotopic (exact) mass is 490 g/mol. The van der Waals surface area contributed by atoms with Crippen molar-refractivity contribution in [3.05, 3.63) is 98.9 Å². The minimum absolute atomic E-state index is 0.0298. The molecule has 1 aliphatic rings. The molecule has 0 radical (unpaired) electrons. The minimum atomic E-state index is -0.428. The number of hydrogen-bond acceptors (Lipinski definition) is 6. The molecule has 6 nitrogen and oxygen atoms in total. The zero-order chi connectivity index (χ0) is 24.1. The molecule has 0 unspecified atom stereocenters. The molecule has 34 heavy (non-hydrogen) atoms. The summed E-state index contributed by atoms with van der Waals surface area (Å²) in [5.74, 6) is 0.380. The van der Waals surface area contributed by atoms with Crippen LogP contribution in [0.15, 0.2) is 71.6 Å². The van der Waals surface area contributed by atoms with Gasteiger partial charge in [-0.2, -0.15) is 5.26 Å². The zero-order valence-corrected chi connectivity index (χ0v) is 19.7. The number of methoxy groups -OCH3 is 1. The number of nitrogens with zero attached hydrogens (tertiary/aromatic N) is 2. The van der Waals surface area contributed by atoms with Gasteiger partial charge >= 0.3 is 0 Å². The van der Waals surface area contributed by atoms with Gasteiger partial charge in [-0.05, 0) is 52.7 Å². The third kappa shape index (κ3) is 5.09. The number of imide groups is 1. The Labute approximate surface area is 206 Å². The van der Waals surface area contributed by atoms with Gasteiger partial charge in [0.1, 0.15) is 6.61 Å². The molecule has 0 aromatic heterocycles. The average Bonchev–Trinajstić information content (AvgIpc) is 3.11. The van der Waals surface area contributed by atoms with Crippen LogP contribution in [0, 0.1) is 11.3 Å². The first-order valence-corrected chi connectivity index (χ1v) is 11.5. The molecule has 0 atom stereocenters. The Morgan fingerprint density at radius 1 is 1.09 bits per heavy atom. The summed E-state index contributed by atoms with van der Waals surface area (Å²) in [7, 11) is 1.51. The van der Waals surface area contributed by atoms with E-state index in [0.29, 0.717) is 39.8 Å². The number of ether oxygens (including phenoxy) is 2. The lowest BCUT2D eigenvalue weighted by molar-refractivity contribution is -0.123. The topological polar surface area (TPSA) is 79.6 Å². The van der Waals surface area contributed by atoms with E-state index < -0.39 is 11.1 Å². The van der Waals surface area contributed by atoms with E-state index in [-0.39, 0.29) is 11.4 Å². The summed E-state index contributed by atoms with van der Waals surface area (Å²) in [4.78, 5) is 26.8. The van der Waals surface area contributed by atoms with Gasteiger partial charge in [-0.3, -0.25) is 14.5 Å². The van der Waals surface area contributed by atoms with Crippen molar-refractivity contribution in [1.82, 2.24) is 4.90 Å². The van der Waals surface area contributed by atoms with Crippen LogP contribution in [-0.2, 0) is 17.9 Å². The maximum Gasteiger partial charge on any atom is 0.293 e. The second kappa shape index (κ2) is 10.5. The standard InChI is InChI=1S/C26H19ClN2O4S/c1-32-22-12-18(11-21(27)24(22)33-16-17-7-3-2-4-8-17)13-23-25(30)29(26(31)34-23)15-20-10-6-5-9-19(20)14-28/h2-13H,15-16H2,1H3/b23-13-. The Balaban J connectivity index is 1.55. The van der Waals surface area contributed by atoms with Gasteiger partial charge in [0.05, 0.1) is 35.2 Å². The molecule has 0 spiro atoms. The quantitative estimate of drug-likeness (QED) is 0.376. The van der Waals surface area contributed by atoms with E-state index in [1.807, 2.05) is 30.3 Å². The highest BCUT2D eigenvalue weighted by atomic mass is 35.5. The van der Waals surface area contributed by atoms with Crippen molar-refractivity contribution in [3.8, 4) is 17.6 Å². The van der Waals surface area contributed by atoms with Crippen LogP contribution >= 0.6 is 23.4 Å².